The molecule has 19 heavy (non-hydrogen) atoms. The highest BCUT2D eigenvalue weighted by molar-refractivity contribution is 6.34. The lowest BCUT2D eigenvalue weighted by molar-refractivity contribution is 0.102. The normalized spacial score (nSPS) is 10.2. The third kappa shape index (κ3) is 3.10. The van der Waals surface area contributed by atoms with Gasteiger partial charge in [0.2, 0.25) is 0 Å². The molecule has 0 saturated carbocycles. The lowest BCUT2D eigenvalue weighted by Gasteiger charge is -2.08. The number of amides is 1. The predicted octanol–water partition coefficient (Wildman–Crippen LogP) is 3.53. The second-order valence-corrected chi connectivity index (χ2v) is 4.67. The van der Waals surface area contributed by atoms with Crippen LogP contribution in [0.4, 0.5) is 11.4 Å². The highest BCUT2D eigenvalue weighted by Gasteiger charge is 2.10. The fraction of sp³-hybridized carbons (Fsp3) is 0. The van der Waals surface area contributed by atoms with Crippen molar-refractivity contribution < 1.29 is 9.90 Å². The van der Waals surface area contributed by atoms with Crippen molar-refractivity contribution in [3.05, 3.63) is 52.0 Å². The lowest BCUT2D eigenvalue weighted by atomic mass is 10.2. The van der Waals surface area contributed by atoms with E-state index < -0.39 is 0 Å². The van der Waals surface area contributed by atoms with Gasteiger partial charge in [-0.3, -0.25) is 4.79 Å². The molecule has 6 heteroatoms. The molecule has 0 unspecified atom stereocenters. The molecule has 4 nitrogen and oxygen atoms in total. The molecular weight excluding hydrogens is 287 g/mol. The summed E-state index contributed by atoms with van der Waals surface area (Å²) in [6.07, 6.45) is 0. The Morgan fingerprint density at radius 1 is 1.11 bits per heavy atom. The van der Waals surface area contributed by atoms with Gasteiger partial charge in [-0.05, 0) is 36.4 Å². The molecule has 0 saturated heterocycles. The smallest absolute Gasteiger partial charge is 0.255 e. The quantitative estimate of drug-likeness (QED) is 0.742. The van der Waals surface area contributed by atoms with Crippen LogP contribution in [0, 0.1) is 0 Å². The molecule has 0 atom stereocenters. The Kier molecular flexibility index (Phi) is 3.83. The van der Waals surface area contributed by atoms with Crippen molar-refractivity contribution in [3.63, 3.8) is 0 Å². The number of nitrogens with two attached hydrogens (primary N) is 1. The maximum absolute atomic E-state index is 12.0. The van der Waals surface area contributed by atoms with E-state index in [1.54, 1.807) is 18.2 Å². The number of carbonyl (C=O) groups excluding carboxylic acids is 1. The second kappa shape index (κ2) is 5.38. The lowest BCUT2D eigenvalue weighted by Crippen LogP contribution is -2.12. The van der Waals surface area contributed by atoms with Crippen molar-refractivity contribution >= 4 is 40.5 Å². The van der Waals surface area contributed by atoms with Crippen LogP contribution in [0.2, 0.25) is 10.0 Å². The van der Waals surface area contributed by atoms with E-state index in [0.29, 0.717) is 22.0 Å². The van der Waals surface area contributed by atoms with E-state index >= 15 is 0 Å². The van der Waals surface area contributed by atoms with Crippen LogP contribution in [0.3, 0.4) is 0 Å². The largest absolute Gasteiger partial charge is 0.506 e. The van der Waals surface area contributed by atoms with E-state index in [1.807, 2.05) is 0 Å². The first-order valence-corrected chi connectivity index (χ1v) is 6.08. The molecule has 0 fully saturated rings. The molecule has 0 aromatic heterocycles. The van der Waals surface area contributed by atoms with Crippen LogP contribution in [-0.2, 0) is 0 Å². The van der Waals surface area contributed by atoms with Crippen LogP contribution in [0.5, 0.6) is 5.75 Å². The number of halogens is 2. The van der Waals surface area contributed by atoms with Crippen molar-refractivity contribution in [1.82, 2.24) is 0 Å². The third-order valence-electron chi connectivity index (χ3n) is 2.45. The average Bonchev–Trinajstić information content (AvgIpc) is 2.36. The number of carbonyl (C=O) groups is 1. The fourth-order valence-electron chi connectivity index (χ4n) is 1.48. The number of nitrogens with one attached hydrogen (secondary N) is 1. The first-order chi connectivity index (χ1) is 8.97. The maximum Gasteiger partial charge on any atom is 0.255 e. The summed E-state index contributed by atoms with van der Waals surface area (Å²) >= 11 is 11.7. The van der Waals surface area contributed by atoms with Crippen LogP contribution in [0.25, 0.3) is 0 Å². The Morgan fingerprint density at radius 2 is 1.84 bits per heavy atom. The average molecular weight is 297 g/mol. The number of nitrogen functional groups attached to an aromatic ring is 1. The highest BCUT2D eigenvalue weighted by atomic mass is 35.5. The second-order valence-electron chi connectivity index (χ2n) is 3.86. The molecule has 0 aliphatic rings. The first-order valence-electron chi connectivity index (χ1n) is 5.32. The van der Waals surface area contributed by atoms with Crippen LogP contribution in [0.1, 0.15) is 10.4 Å². The van der Waals surface area contributed by atoms with Gasteiger partial charge in [0.15, 0.2) is 0 Å². The number of aromatic hydroxyl groups is 1. The summed E-state index contributed by atoms with van der Waals surface area (Å²) in [4.78, 5) is 12.0. The monoisotopic (exact) mass is 296 g/mol. The van der Waals surface area contributed by atoms with Crippen LogP contribution < -0.4 is 11.1 Å². The Morgan fingerprint density at radius 3 is 2.47 bits per heavy atom. The summed E-state index contributed by atoms with van der Waals surface area (Å²) in [7, 11) is 0. The maximum atomic E-state index is 12.0. The van der Waals surface area contributed by atoms with Gasteiger partial charge in [0.25, 0.3) is 5.91 Å². The molecule has 0 spiro atoms. The molecule has 0 aliphatic carbocycles. The molecule has 4 N–H and O–H groups in total. The Hall–Kier alpha value is -1.91. The molecule has 0 heterocycles. The third-order valence-corrected chi connectivity index (χ3v) is 3.07. The van der Waals surface area contributed by atoms with E-state index in [9.17, 15) is 9.90 Å². The van der Waals surface area contributed by atoms with Gasteiger partial charge in [0.05, 0.1) is 15.7 Å². The number of rotatable bonds is 2. The highest BCUT2D eigenvalue weighted by Crippen LogP contribution is 2.26. The summed E-state index contributed by atoms with van der Waals surface area (Å²) in [5.74, 6) is -0.461. The van der Waals surface area contributed by atoms with E-state index in [0.717, 1.165) is 0 Å². The topological polar surface area (TPSA) is 75.3 Å². The minimum atomic E-state index is -0.381. The van der Waals surface area contributed by atoms with Gasteiger partial charge in [-0.1, -0.05) is 23.2 Å². The van der Waals surface area contributed by atoms with E-state index in [-0.39, 0.29) is 16.7 Å². The van der Waals surface area contributed by atoms with Crippen molar-refractivity contribution in [1.29, 1.82) is 0 Å². The van der Waals surface area contributed by atoms with E-state index in [4.69, 9.17) is 28.9 Å². The predicted molar refractivity (Wildman–Crippen MR) is 76.9 cm³/mol. The number of phenols is 1. The van der Waals surface area contributed by atoms with Crippen molar-refractivity contribution in [2.45, 2.75) is 0 Å². The van der Waals surface area contributed by atoms with E-state index in [2.05, 4.69) is 5.32 Å². The fourth-order valence-corrected chi connectivity index (χ4v) is 1.89. The molecule has 1 amide bonds. The molecule has 0 bridgehead atoms. The summed E-state index contributed by atoms with van der Waals surface area (Å²) in [6, 6.07) is 8.96. The standard InChI is InChI=1S/C13H10Cl2N2O2/c14-9-6-8(16)2-3-11(9)17-13(19)7-1-4-12(18)10(15)5-7/h1-6,18H,16H2,(H,17,19). The van der Waals surface area contributed by atoms with Crippen molar-refractivity contribution in [3.8, 4) is 5.75 Å². The number of benzene rings is 2. The van der Waals surface area contributed by atoms with Gasteiger partial charge in [0.1, 0.15) is 5.75 Å². The van der Waals surface area contributed by atoms with Crippen molar-refractivity contribution in [2.24, 2.45) is 0 Å². The summed E-state index contributed by atoms with van der Waals surface area (Å²) in [6.45, 7) is 0. The summed E-state index contributed by atoms with van der Waals surface area (Å²) in [5, 5.41) is 12.4. The SMILES string of the molecule is Nc1ccc(NC(=O)c2ccc(O)c(Cl)c2)c(Cl)c1. The van der Waals surface area contributed by atoms with Crippen LogP contribution >= 0.6 is 23.2 Å². The molecule has 0 aliphatic heterocycles. The van der Waals surface area contributed by atoms with Gasteiger partial charge in [-0.25, -0.2) is 0 Å². The number of hydrogen-bond acceptors (Lipinski definition) is 3. The van der Waals surface area contributed by atoms with Gasteiger partial charge in [-0.15, -0.1) is 0 Å². The van der Waals surface area contributed by atoms with Crippen LogP contribution in [0.15, 0.2) is 36.4 Å². The number of anilines is 2. The minimum absolute atomic E-state index is 0.0799. The van der Waals surface area contributed by atoms with Crippen molar-refractivity contribution in [2.75, 3.05) is 11.1 Å². The first kappa shape index (κ1) is 13.5. The summed E-state index contributed by atoms with van der Waals surface area (Å²) < 4.78 is 0. The molecule has 2 aromatic carbocycles. The zero-order valence-electron chi connectivity index (χ0n) is 9.65. The summed E-state index contributed by atoms with van der Waals surface area (Å²) in [5.41, 5.74) is 6.84. The molecule has 2 aromatic rings. The number of hydrogen-bond donors (Lipinski definition) is 3. The Labute approximate surface area is 119 Å². The molecule has 0 radical (unpaired) electrons. The zero-order chi connectivity index (χ0) is 14.0. The van der Waals surface area contributed by atoms with Gasteiger partial charge in [0, 0.05) is 11.3 Å². The van der Waals surface area contributed by atoms with Gasteiger partial charge in [-0.2, -0.15) is 0 Å². The van der Waals surface area contributed by atoms with E-state index in [1.165, 1.54) is 18.2 Å². The van der Waals surface area contributed by atoms with Crippen LogP contribution in [-0.4, -0.2) is 11.0 Å². The zero-order valence-corrected chi connectivity index (χ0v) is 11.2. The minimum Gasteiger partial charge on any atom is -0.506 e. The molecular formula is C13H10Cl2N2O2. The Bertz CT molecular complexity index is 645. The van der Waals surface area contributed by atoms with Gasteiger partial charge >= 0.3 is 0 Å². The molecule has 2 rings (SSSR count). The molecule has 98 valence electrons. The number of phenolic OH excluding ortho intramolecular Hbond substituents is 1. The van der Waals surface area contributed by atoms with Gasteiger partial charge < -0.3 is 16.2 Å². The Balaban J connectivity index is 2.23.